The zero-order valence-electron chi connectivity index (χ0n) is 12.1. The van der Waals surface area contributed by atoms with Gasteiger partial charge in [0, 0.05) is 18.8 Å². The molecule has 114 valence electrons. The molecule has 1 aliphatic rings. The molecule has 22 heavy (non-hydrogen) atoms. The molecule has 1 aromatic carbocycles. The van der Waals surface area contributed by atoms with E-state index in [0.29, 0.717) is 5.69 Å². The number of amides is 3. The molecule has 2 rings (SSSR count). The molecular formula is C15H15N3O4. The predicted molar refractivity (Wildman–Crippen MR) is 78.2 cm³/mol. The summed E-state index contributed by atoms with van der Waals surface area (Å²) in [6.45, 7) is -0.356. The lowest BCUT2D eigenvalue weighted by Crippen LogP contribution is -2.60. The van der Waals surface area contributed by atoms with Gasteiger partial charge in [-0.05, 0) is 12.1 Å². The maximum Gasteiger partial charge on any atom is 0.261 e. The molecular weight excluding hydrogens is 286 g/mol. The Bertz CT molecular complexity index is 637. The van der Waals surface area contributed by atoms with Crippen LogP contribution < -0.4 is 4.90 Å². The molecule has 0 saturated carbocycles. The van der Waals surface area contributed by atoms with Crippen LogP contribution in [0.15, 0.2) is 36.4 Å². The zero-order valence-corrected chi connectivity index (χ0v) is 12.1. The molecule has 0 atom stereocenters. The van der Waals surface area contributed by atoms with E-state index in [9.17, 15) is 19.2 Å². The van der Waals surface area contributed by atoms with Gasteiger partial charge < -0.3 is 4.90 Å². The summed E-state index contributed by atoms with van der Waals surface area (Å²) in [5.41, 5.74) is 0.637. The molecule has 3 amide bonds. The van der Waals surface area contributed by atoms with E-state index in [2.05, 4.69) is 0 Å². The standard InChI is InChI=1S/C15H15N3O4/c1-16(13(20)8-5-9-19)18-11-14(21)17(10-15(18)22)12-6-3-2-4-7-12/h2-7H,8,10-11H2,1H3. The van der Waals surface area contributed by atoms with Gasteiger partial charge in [0.15, 0.2) is 0 Å². The van der Waals surface area contributed by atoms with Gasteiger partial charge in [0.25, 0.3) is 5.91 Å². The van der Waals surface area contributed by atoms with E-state index in [1.54, 1.807) is 24.3 Å². The fourth-order valence-electron chi connectivity index (χ4n) is 2.12. The number of hydrogen-bond donors (Lipinski definition) is 0. The summed E-state index contributed by atoms with van der Waals surface area (Å²) in [7, 11) is 1.39. The molecule has 1 heterocycles. The van der Waals surface area contributed by atoms with Crippen molar-refractivity contribution in [3.05, 3.63) is 36.4 Å². The third kappa shape index (κ3) is 3.21. The van der Waals surface area contributed by atoms with Gasteiger partial charge in [0.1, 0.15) is 19.0 Å². The van der Waals surface area contributed by atoms with Crippen molar-refractivity contribution < 1.29 is 19.2 Å². The molecule has 0 N–H and O–H groups in total. The molecule has 0 aliphatic carbocycles. The van der Waals surface area contributed by atoms with Crippen molar-refractivity contribution in [1.82, 2.24) is 10.0 Å². The first kappa shape index (κ1) is 15.5. The molecule has 0 bridgehead atoms. The maximum atomic E-state index is 12.2. The highest BCUT2D eigenvalue weighted by atomic mass is 16.2. The molecule has 7 nitrogen and oxygen atoms in total. The van der Waals surface area contributed by atoms with E-state index in [4.69, 9.17) is 0 Å². The number of carbonyl (C=O) groups is 3. The summed E-state index contributed by atoms with van der Waals surface area (Å²) >= 11 is 0. The quantitative estimate of drug-likeness (QED) is 0.734. The minimum atomic E-state index is -0.460. The summed E-state index contributed by atoms with van der Waals surface area (Å²) in [5.74, 6) is 0.396. The summed E-state index contributed by atoms with van der Waals surface area (Å²) in [6.07, 6.45) is 0.867. The third-order valence-electron chi connectivity index (χ3n) is 3.32. The summed E-state index contributed by atoms with van der Waals surface area (Å²) in [4.78, 5) is 47.7. The number of anilines is 1. The van der Waals surface area contributed by atoms with Crippen molar-refractivity contribution in [2.24, 2.45) is 0 Å². The predicted octanol–water partition coefficient (Wildman–Crippen LogP) is 0.0131. The number of para-hydroxylation sites is 1. The van der Waals surface area contributed by atoms with Crippen LogP contribution in [0.2, 0.25) is 0 Å². The molecule has 7 heteroatoms. The van der Waals surface area contributed by atoms with E-state index in [0.717, 1.165) is 16.1 Å². The topological polar surface area (TPSA) is 78.0 Å². The van der Waals surface area contributed by atoms with Gasteiger partial charge in [-0.2, -0.15) is 0 Å². The Morgan fingerprint density at radius 2 is 1.91 bits per heavy atom. The van der Waals surface area contributed by atoms with E-state index in [1.807, 2.05) is 6.07 Å². The first-order valence-corrected chi connectivity index (χ1v) is 6.66. The van der Waals surface area contributed by atoms with Crippen molar-refractivity contribution in [3.8, 4) is 0 Å². The van der Waals surface area contributed by atoms with Crippen molar-refractivity contribution in [1.29, 1.82) is 0 Å². The van der Waals surface area contributed by atoms with Crippen LogP contribution in [-0.4, -0.2) is 53.8 Å². The molecule has 0 radical (unpaired) electrons. The van der Waals surface area contributed by atoms with Crippen LogP contribution in [0.25, 0.3) is 0 Å². The van der Waals surface area contributed by atoms with E-state index >= 15 is 0 Å². The van der Waals surface area contributed by atoms with Gasteiger partial charge in [-0.3, -0.25) is 19.4 Å². The van der Waals surface area contributed by atoms with Crippen LogP contribution in [0.1, 0.15) is 6.42 Å². The van der Waals surface area contributed by atoms with Crippen LogP contribution in [0, 0.1) is 0 Å². The number of nitrogens with zero attached hydrogens (tertiary/aromatic N) is 3. The van der Waals surface area contributed by atoms with E-state index < -0.39 is 5.91 Å². The lowest BCUT2D eigenvalue weighted by molar-refractivity contribution is -0.163. The monoisotopic (exact) mass is 301 g/mol. The Morgan fingerprint density at radius 3 is 2.55 bits per heavy atom. The van der Waals surface area contributed by atoms with Gasteiger partial charge in [0.2, 0.25) is 11.8 Å². The van der Waals surface area contributed by atoms with Gasteiger partial charge in [0.05, 0.1) is 6.42 Å². The average Bonchev–Trinajstić information content (AvgIpc) is 2.54. The highest BCUT2D eigenvalue weighted by Crippen LogP contribution is 2.18. The fraction of sp³-hybridized carbons (Fsp3) is 0.267. The molecule has 0 aromatic heterocycles. The summed E-state index contributed by atoms with van der Waals surface area (Å²) < 4.78 is 0. The first-order valence-electron chi connectivity index (χ1n) is 6.66. The number of carbonyl (C=O) groups excluding carboxylic acids is 4. The summed E-state index contributed by atoms with van der Waals surface area (Å²) in [5, 5.41) is 2.15. The molecule has 0 spiro atoms. The SMILES string of the molecule is CN(C(=O)CC=C=O)N1CC(=O)N(c2ccccc2)CC1=O. The lowest BCUT2D eigenvalue weighted by Gasteiger charge is -2.38. The lowest BCUT2D eigenvalue weighted by atomic mass is 10.2. The molecule has 1 aliphatic heterocycles. The van der Waals surface area contributed by atoms with Crippen LogP contribution in [0.3, 0.4) is 0 Å². The van der Waals surface area contributed by atoms with E-state index in [1.165, 1.54) is 17.9 Å². The Labute approximate surface area is 127 Å². The maximum absolute atomic E-state index is 12.2. The van der Waals surface area contributed by atoms with Crippen molar-refractivity contribution in [2.75, 3.05) is 25.0 Å². The van der Waals surface area contributed by atoms with E-state index in [-0.39, 0.29) is 31.3 Å². The van der Waals surface area contributed by atoms with Gasteiger partial charge in [-0.15, -0.1) is 0 Å². The van der Waals surface area contributed by atoms with Gasteiger partial charge >= 0.3 is 0 Å². The van der Waals surface area contributed by atoms with Crippen molar-refractivity contribution in [2.45, 2.75) is 6.42 Å². The number of rotatable bonds is 4. The molecule has 1 aromatic rings. The Morgan fingerprint density at radius 1 is 1.23 bits per heavy atom. The Kier molecular flexibility index (Phi) is 4.70. The largest absolute Gasteiger partial charge is 0.301 e. The highest BCUT2D eigenvalue weighted by Gasteiger charge is 2.34. The third-order valence-corrected chi connectivity index (χ3v) is 3.32. The van der Waals surface area contributed by atoms with Gasteiger partial charge in [-0.25, -0.2) is 9.80 Å². The molecule has 0 unspecified atom stereocenters. The minimum Gasteiger partial charge on any atom is -0.301 e. The summed E-state index contributed by atoms with van der Waals surface area (Å²) in [6, 6.07) is 8.86. The number of hydrogen-bond acceptors (Lipinski definition) is 4. The average molecular weight is 301 g/mol. The molecule has 1 fully saturated rings. The molecule has 1 saturated heterocycles. The second-order valence-corrected chi connectivity index (χ2v) is 4.71. The van der Waals surface area contributed by atoms with Crippen molar-refractivity contribution in [3.63, 3.8) is 0 Å². The highest BCUT2D eigenvalue weighted by molar-refractivity contribution is 6.04. The second kappa shape index (κ2) is 6.69. The smallest absolute Gasteiger partial charge is 0.261 e. The number of hydrazine groups is 1. The van der Waals surface area contributed by atoms with Crippen LogP contribution >= 0.6 is 0 Å². The van der Waals surface area contributed by atoms with Crippen LogP contribution in [-0.2, 0) is 19.2 Å². The first-order chi connectivity index (χ1) is 10.5. The normalized spacial score (nSPS) is 14.6. The van der Waals surface area contributed by atoms with Crippen LogP contribution in [0.4, 0.5) is 5.69 Å². The van der Waals surface area contributed by atoms with Crippen LogP contribution in [0.5, 0.6) is 0 Å². The number of piperazine rings is 1. The fourth-order valence-corrected chi connectivity index (χ4v) is 2.12. The number of benzene rings is 1. The van der Waals surface area contributed by atoms with Crippen molar-refractivity contribution >= 4 is 29.4 Å². The van der Waals surface area contributed by atoms with Gasteiger partial charge in [-0.1, -0.05) is 18.2 Å². The Hall–Kier alpha value is -2.92. The second-order valence-electron chi connectivity index (χ2n) is 4.71. The minimum absolute atomic E-state index is 0.135. The Balaban J connectivity index is 2.10. The zero-order chi connectivity index (χ0) is 16.1.